The van der Waals surface area contributed by atoms with Crippen molar-refractivity contribution in [3.8, 4) is 0 Å². The van der Waals surface area contributed by atoms with E-state index < -0.39 is 22.0 Å². The Morgan fingerprint density at radius 2 is 1.62 bits per heavy atom. The number of fused-ring (bicyclic) bond motifs is 1. The van der Waals surface area contributed by atoms with Crippen LogP contribution in [0.15, 0.2) is 53.4 Å². The zero-order valence-corrected chi connectivity index (χ0v) is 19.0. The number of sulfonamides is 1. The van der Waals surface area contributed by atoms with E-state index in [0.717, 1.165) is 5.56 Å². The standard InChI is InChI=1S/C23H26N2O6S/c1-15-13-24(14-16(2)31-15)32(28,29)19-10-8-17(9-11-19)22(26)25-20-7-5-4-6-18(20)12-21(25)23(27)30-3/h4-11,15-16,21H,12-14H2,1-3H3. The zero-order valence-electron chi connectivity index (χ0n) is 18.2. The molecule has 0 spiro atoms. The summed E-state index contributed by atoms with van der Waals surface area (Å²) in [5.74, 6) is -0.882. The number of rotatable bonds is 4. The summed E-state index contributed by atoms with van der Waals surface area (Å²) in [5, 5.41) is 0. The molecule has 3 unspecified atom stereocenters. The number of anilines is 1. The molecule has 3 atom stereocenters. The van der Waals surface area contributed by atoms with E-state index in [4.69, 9.17) is 9.47 Å². The number of amides is 1. The van der Waals surface area contributed by atoms with Crippen molar-refractivity contribution in [1.29, 1.82) is 0 Å². The molecule has 2 aliphatic rings. The highest BCUT2D eigenvalue weighted by Gasteiger charge is 2.39. The summed E-state index contributed by atoms with van der Waals surface area (Å²) in [7, 11) is -2.42. The second kappa shape index (κ2) is 8.65. The summed E-state index contributed by atoms with van der Waals surface area (Å²) in [6.45, 7) is 4.23. The Morgan fingerprint density at radius 3 is 2.25 bits per heavy atom. The van der Waals surface area contributed by atoms with Crippen LogP contribution in [0.25, 0.3) is 0 Å². The second-order valence-electron chi connectivity index (χ2n) is 8.15. The molecule has 0 N–H and O–H groups in total. The molecule has 0 aromatic heterocycles. The monoisotopic (exact) mass is 458 g/mol. The molecule has 170 valence electrons. The maximum Gasteiger partial charge on any atom is 0.329 e. The van der Waals surface area contributed by atoms with E-state index in [1.807, 2.05) is 26.0 Å². The lowest BCUT2D eigenvalue weighted by Crippen LogP contribution is -2.48. The van der Waals surface area contributed by atoms with Crippen molar-refractivity contribution < 1.29 is 27.5 Å². The van der Waals surface area contributed by atoms with Gasteiger partial charge in [0.05, 0.1) is 24.2 Å². The van der Waals surface area contributed by atoms with Crippen LogP contribution in [0, 0.1) is 0 Å². The third kappa shape index (κ3) is 4.03. The maximum absolute atomic E-state index is 13.3. The summed E-state index contributed by atoms with van der Waals surface area (Å²) in [5.41, 5.74) is 1.82. The topological polar surface area (TPSA) is 93.2 Å². The van der Waals surface area contributed by atoms with E-state index >= 15 is 0 Å². The van der Waals surface area contributed by atoms with Crippen LogP contribution in [0.3, 0.4) is 0 Å². The minimum atomic E-state index is -3.71. The Balaban J connectivity index is 1.61. The Hall–Kier alpha value is -2.75. The second-order valence-corrected chi connectivity index (χ2v) is 10.1. The van der Waals surface area contributed by atoms with Crippen molar-refractivity contribution in [3.05, 3.63) is 59.7 Å². The molecule has 0 aliphatic carbocycles. The average Bonchev–Trinajstić information content (AvgIpc) is 3.17. The maximum atomic E-state index is 13.3. The fourth-order valence-electron chi connectivity index (χ4n) is 4.35. The van der Waals surface area contributed by atoms with Gasteiger partial charge in [-0.15, -0.1) is 0 Å². The molecule has 32 heavy (non-hydrogen) atoms. The van der Waals surface area contributed by atoms with Gasteiger partial charge in [-0.25, -0.2) is 13.2 Å². The molecule has 1 amide bonds. The lowest BCUT2D eigenvalue weighted by atomic mass is 10.1. The van der Waals surface area contributed by atoms with Crippen LogP contribution in [-0.2, 0) is 30.7 Å². The van der Waals surface area contributed by atoms with Crippen molar-refractivity contribution >= 4 is 27.6 Å². The first kappa shape index (κ1) is 22.4. The van der Waals surface area contributed by atoms with Crippen LogP contribution in [0.1, 0.15) is 29.8 Å². The van der Waals surface area contributed by atoms with Gasteiger partial charge in [-0.2, -0.15) is 4.31 Å². The van der Waals surface area contributed by atoms with Gasteiger partial charge in [0.2, 0.25) is 10.0 Å². The highest BCUT2D eigenvalue weighted by Crippen LogP contribution is 2.34. The first-order valence-corrected chi connectivity index (χ1v) is 11.9. The Kier molecular flexibility index (Phi) is 6.07. The lowest BCUT2D eigenvalue weighted by Gasteiger charge is -2.34. The number of carbonyl (C=O) groups excluding carboxylic acids is 2. The van der Waals surface area contributed by atoms with E-state index in [0.29, 0.717) is 17.7 Å². The van der Waals surface area contributed by atoms with Crippen LogP contribution in [0.5, 0.6) is 0 Å². The minimum Gasteiger partial charge on any atom is -0.467 e. The van der Waals surface area contributed by atoms with Crippen molar-refractivity contribution in [3.63, 3.8) is 0 Å². The van der Waals surface area contributed by atoms with Crippen molar-refractivity contribution in [2.45, 2.75) is 43.4 Å². The molecule has 8 nitrogen and oxygen atoms in total. The molecule has 2 aromatic carbocycles. The largest absolute Gasteiger partial charge is 0.467 e. The van der Waals surface area contributed by atoms with Gasteiger partial charge in [0.15, 0.2) is 0 Å². The molecule has 0 bridgehead atoms. The number of morpholine rings is 1. The van der Waals surface area contributed by atoms with Gasteiger partial charge < -0.3 is 9.47 Å². The number of nitrogens with zero attached hydrogens (tertiary/aromatic N) is 2. The van der Waals surface area contributed by atoms with Crippen LogP contribution < -0.4 is 4.90 Å². The lowest BCUT2D eigenvalue weighted by molar-refractivity contribution is -0.141. The van der Waals surface area contributed by atoms with Crippen molar-refractivity contribution in [1.82, 2.24) is 4.31 Å². The Bertz CT molecular complexity index is 1120. The van der Waals surface area contributed by atoms with Gasteiger partial charge >= 0.3 is 5.97 Å². The first-order valence-electron chi connectivity index (χ1n) is 10.5. The van der Waals surface area contributed by atoms with Gasteiger partial charge in [0.25, 0.3) is 5.91 Å². The summed E-state index contributed by atoms with van der Waals surface area (Å²) in [6.07, 6.45) is -0.0196. The van der Waals surface area contributed by atoms with Crippen LogP contribution in [0.4, 0.5) is 5.69 Å². The number of ether oxygens (including phenoxy) is 2. The highest BCUT2D eigenvalue weighted by molar-refractivity contribution is 7.89. The molecule has 2 aliphatic heterocycles. The molecule has 1 saturated heterocycles. The smallest absolute Gasteiger partial charge is 0.329 e. The highest BCUT2D eigenvalue weighted by atomic mass is 32.2. The number of para-hydroxylation sites is 1. The van der Waals surface area contributed by atoms with Crippen molar-refractivity contribution in [2.75, 3.05) is 25.1 Å². The number of hydrogen-bond donors (Lipinski definition) is 0. The van der Waals surface area contributed by atoms with Crippen LogP contribution in [-0.4, -0.2) is 63.0 Å². The summed E-state index contributed by atoms with van der Waals surface area (Å²) in [4.78, 5) is 27.2. The summed E-state index contributed by atoms with van der Waals surface area (Å²) in [6, 6.07) is 12.4. The quantitative estimate of drug-likeness (QED) is 0.653. The average molecular weight is 459 g/mol. The molecule has 0 saturated carbocycles. The number of carbonyl (C=O) groups is 2. The number of benzene rings is 2. The van der Waals surface area contributed by atoms with Gasteiger partial charge in [-0.3, -0.25) is 9.69 Å². The third-order valence-corrected chi connectivity index (χ3v) is 7.64. The van der Waals surface area contributed by atoms with Gasteiger partial charge in [-0.05, 0) is 49.7 Å². The fourth-order valence-corrected chi connectivity index (χ4v) is 5.94. The molecule has 2 heterocycles. The molecule has 1 fully saturated rings. The van der Waals surface area contributed by atoms with E-state index in [1.54, 1.807) is 12.1 Å². The predicted octanol–water partition coefficient (Wildman–Crippen LogP) is 2.23. The zero-order chi connectivity index (χ0) is 23.0. The predicted molar refractivity (Wildman–Crippen MR) is 118 cm³/mol. The third-order valence-electron chi connectivity index (χ3n) is 5.79. The van der Waals surface area contributed by atoms with E-state index in [2.05, 4.69) is 0 Å². The molecule has 4 rings (SSSR count). The van der Waals surface area contributed by atoms with E-state index in [1.165, 1.54) is 40.6 Å². The van der Waals surface area contributed by atoms with Crippen LogP contribution >= 0.6 is 0 Å². The molecule has 0 radical (unpaired) electrons. The Morgan fingerprint density at radius 1 is 1.00 bits per heavy atom. The van der Waals surface area contributed by atoms with Gasteiger partial charge in [0.1, 0.15) is 6.04 Å². The molecule has 9 heteroatoms. The number of methoxy groups -OCH3 is 1. The van der Waals surface area contributed by atoms with Gasteiger partial charge in [0, 0.05) is 30.8 Å². The SMILES string of the molecule is COC(=O)C1Cc2ccccc2N1C(=O)c1ccc(S(=O)(=O)N2CC(C)OC(C)C2)cc1. The molecular formula is C23H26N2O6S. The van der Waals surface area contributed by atoms with Crippen LogP contribution in [0.2, 0.25) is 0 Å². The Labute approximate surface area is 187 Å². The van der Waals surface area contributed by atoms with Gasteiger partial charge in [-0.1, -0.05) is 18.2 Å². The van der Waals surface area contributed by atoms with Crippen molar-refractivity contribution in [2.24, 2.45) is 0 Å². The molecular weight excluding hydrogens is 432 g/mol. The number of hydrogen-bond acceptors (Lipinski definition) is 6. The summed E-state index contributed by atoms with van der Waals surface area (Å²) < 4.78 is 38.1. The first-order chi connectivity index (χ1) is 15.2. The fraction of sp³-hybridized carbons (Fsp3) is 0.391. The van der Waals surface area contributed by atoms with E-state index in [-0.39, 0.29) is 36.1 Å². The summed E-state index contributed by atoms with van der Waals surface area (Å²) >= 11 is 0. The normalized spacial score (nSPS) is 23.6. The number of esters is 1. The molecule has 2 aromatic rings. The minimum absolute atomic E-state index is 0.113. The van der Waals surface area contributed by atoms with E-state index in [9.17, 15) is 18.0 Å².